The van der Waals surface area contributed by atoms with Crippen molar-refractivity contribution >= 4 is 11.6 Å². The first-order chi connectivity index (χ1) is 6.68. The first-order valence-electron chi connectivity index (χ1n) is 3.64. The van der Waals surface area contributed by atoms with E-state index in [1.54, 1.807) is 0 Å². The van der Waals surface area contributed by atoms with Crippen molar-refractivity contribution in [3.63, 3.8) is 0 Å². The van der Waals surface area contributed by atoms with Crippen molar-refractivity contribution in [2.45, 2.75) is 0 Å². The summed E-state index contributed by atoms with van der Waals surface area (Å²) in [6.07, 6.45) is 0. The highest BCUT2D eigenvalue weighted by Crippen LogP contribution is 2.18. The fraction of sp³-hybridized carbons (Fsp3) is 0. The Kier molecular flexibility index (Phi) is 2.05. The van der Waals surface area contributed by atoms with Crippen molar-refractivity contribution in [2.24, 2.45) is 0 Å². The lowest BCUT2D eigenvalue weighted by molar-refractivity contribution is 0.626. The highest BCUT2D eigenvalue weighted by molar-refractivity contribution is 6.32. The number of nitrogens with one attached hydrogen (secondary N) is 1. The number of rotatable bonds is 1. The quantitative estimate of drug-likeness (QED) is 0.762. The van der Waals surface area contributed by atoms with Crippen LogP contribution >= 0.6 is 11.6 Å². The van der Waals surface area contributed by atoms with Crippen LogP contribution in [0.4, 0.5) is 4.39 Å². The second-order valence-electron chi connectivity index (χ2n) is 2.51. The number of hydrogen-bond acceptors (Lipinski definition) is 3. The summed E-state index contributed by atoms with van der Waals surface area (Å²) < 4.78 is 13.6. The number of nitrogens with zero attached hydrogens (tertiary/aromatic N) is 3. The minimum atomic E-state index is -0.529. The Balaban J connectivity index is 2.63. The number of tetrazole rings is 1. The highest BCUT2D eigenvalue weighted by atomic mass is 35.5. The van der Waals surface area contributed by atoms with Gasteiger partial charge in [0, 0.05) is 0 Å². The van der Waals surface area contributed by atoms with Gasteiger partial charge in [0.15, 0.2) is 0 Å². The van der Waals surface area contributed by atoms with E-state index in [4.69, 9.17) is 11.6 Å². The third-order valence-electron chi connectivity index (χ3n) is 1.61. The monoisotopic (exact) mass is 214 g/mol. The van der Waals surface area contributed by atoms with Crippen LogP contribution in [0.15, 0.2) is 23.0 Å². The van der Waals surface area contributed by atoms with E-state index in [1.165, 1.54) is 12.1 Å². The van der Waals surface area contributed by atoms with Gasteiger partial charge in [0.2, 0.25) is 0 Å². The van der Waals surface area contributed by atoms with Crippen LogP contribution in [0.2, 0.25) is 5.02 Å². The number of aromatic amines is 1. The zero-order valence-electron chi connectivity index (χ0n) is 6.74. The molecule has 1 aromatic heterocycles. The van der Waals surface area contributed by atoms with Crippen molar-refractivity contribution in [2.75, 3.05) is 0 Å². The molecule has 5 nitrogen and oxygen atoms in total. The second-order valence-corrected chi connectivity index (χ2v) is 2.92. The van der Waals surface area contributed by atoms with Gasteiger partial charge in [-0.2, -0.15) is 4.68 Å². The number of benzene rings is 1. The van der Waals surface area contributed by atoms with Crippen LogP contribution in [-0.2, 0) is 0 Å². The third kappa shape index (κ3) is 1.39. The molecule has 2 rings (SSSR count). The zero-order chi connectivity index (χ0) is 10.1. The Labute approximate surface area is 82.1 Å². The van der Waals surface area contributed by atoms with Crippen LogP contribution in [0.1, 0.15) is 0 Å². The fourth-order valence-corrected chi connectivity index (χ4v) is 1.26. The van der Waals surface area contributed by atoms with E-state index in [1.807, 2.05) is 0 Å². The summed E-state index contributed by atoms with van der Waals surface area (Å²) in [6, 6.07) is 3.63. The van der Waals surface area contributed by atoms with Gasteiger partial charge in [-0.15, -0.1) is 0 Å². The molecular weight excluding hydrogens is 211 g/mol. The molecule has 2 aromatic rings. The molecule has 7 heteroatoms. The van der Waals surface area contributed by atoms with Gasteiger partial charge >= 0.3 is 5.69 Å². The maximum atomic E-state index is 12.7. The van der Waals surface area contributed by atoms with E-state index in [0.29, 0.717) is 0 Å². The Morgan fingerprint density at radius 1 is 1.50 bits per heavy atom. The maximum absolute atomic E-state index is 12.7. The van der Waals surface area contributed by atoms with Crippen LogP contribution in [0, 0.1) is 5.82 Å². The summed E-state index contributed by atoms with van der Waals surface area (Å²) in [4.78, 5) is 11.1. The van der Waals surface area contributed by atoms with Gasteiger partial charge in [-0.1, -0.05) is 11.6 Å². The number of hydrogen-bond donors (Lipinski definition) is 1. The molecule has 14 heavy (non-hydrogen) atoms. The topological polar surface area (TPSA) is 63.6 Å². The highest BCUT2D eigenvalue weighted by Gasteiger charge is 2.07. The Morgan fingerprint density at radius 3 is 2.86 bits per heavy atom. The van der Waals surface area contributed by atoms with Crippen molar-refractivity contribution in [3.8, 4) is 5.69 Å². The zero-order valence-corrected chi connectivity index (χ0v) is 7.49. The molecule has 0 aliphatic carbocycles. The summed E-state index contributed by atoms with van der Waals surface area (Å²) >= 11 is 5.71. The van der Waals surface area contributed by atoms with Crippen LogP contribution in [-0.4, -0.2) is 20.2 Å². The van der Waals surface area contributed by atoms with Gasteiger partial charge in [-0.3, -0.25) is 0 Å². The van der Waals surface area contributed by atoms with Gasteiger partial charge in [0.25, 0.3) is 0 Å². The molecule has 0 amide bonds. The second kappa shape index (κ2) is 3.22. The van der Waals surface area contributed by atoms with Crippen molar-refractivity contribution in [1.82, 2.24) is 20.2 Å². The number of H-pyrrole nitrogens is 1. The molecule has 0 atom stereocenters. The van der Waals surface area contributed by atoms with Gasteiger partial charge in [-0.05, 0) is 28.6 Å². The van der Waals surface area contributed by atoms with Gasteiger partial charge in [0.1, 0.15) is 5.82 Å². The first kappa shape index (κ1) is 8.89. The molecule has 72 valence electrons. The summed E-state index contributed by atoms with van der Waals surface area (Å²) in [5.41, 5.74) is -0.245. The van der Waals surface area contributed by atoms with E-state index in [9.17, 15) is 9.18 Å². The summed E-state index contributed by atoms with van der Waals surface area (Å²) in [6.45, 7) is 0. The van der Waals surface area contributed by atoms with Crippen LogP contribution in [0.25, 0.3) is 5.69 Å². The van der Waals surface area contributed by atoms with Crippen molar-refractivity contribution < 1.29 is 4.39 Å². The molecule has 0 aliphatic rings. The SMILES string of the molecule is O=c1[nH]nnn1-c1ccc(F)cc1Cl. The third-order valence-corrected chi connectivity index (χ3v) is 1.91. The summed E-state index contributed by atoms with van der Waals surface area (Å²) in [7, 11) is 0. The maximum Gasteiger partial charge on any atom is 0.365 e. The predicted molar refractivity (Wildman–Crippen MR) is 46.9 cm³/mol. The Morgan fingerprint density at radius 2 is 2.29 bits per heavy atom. The van der Waals surface area contributed by atoms with E-state index in [2.05, 4.69) is 15.5 Å². The molecule has 1 heterocycles. The molecule has 0 unspecified atom stereocenters. The lowest BCUT2D eigenvalue weighted by atomic mass is 10.3. The average molecular weight is 215 g/mol. The molecule has 0 bridgehead atoms. The van der Waals surface area contributed by atoms with E-state index in [-0.39, 0.29) is 10.7 Å². The van der Waals surface area contributed by atoms with E-state index in [0.717, 1.165) is 10.7 Å². The minimum absolute atomic E-state index is 0.0981. The summed E-state index contributed by atoms with van der Waals surface area (Å²) in [5.74, 6) is -0.477. The van der Waals surface area contributed by atoms with Crippen molar-refractivity contribution in [3.05, 3.63) is 39.5 Å². The van der Waals surface area contributed by atoms with Gasteiger partial charge in [0.05, 0.1) is 10.7 Å². The fourth-order valence-electron chi connectivity index (χ4n) is 1.01. The molecule has 0 saturated heterocycles. The molecule has 0 radical (unpaired) electrons. The van der Waals surface area contributed by atoms with Crippen molar-refractivity contribution in [1.29, 1.82) is 0 Å². The van der Waals surface area contributed by atoms with Crippen LogP contribution < -0.4 is 5.69 Å². The summed E-state index contributed by atoms with van der Waals surface area (Å²) in [5, 5.41) is 8.95. The lowest BCUT2D eigenvalue weighted by Crippen LogP contribution is -2.16. The van der Waals surface area contributed by atoms with E-state index < -0.39 is 11.5 Å². The standard InChI is InChI=1S/C7H4ClFN4O/c8-5-3-4(9)1-2-6(5)13-7(14)10-11-12-13/h1-3H,(H,10,12,14). The predicted octanol–water partition coefficient (Wildman–Crippen LogP) is 0.748. The lowest BCUT2D eigenvalue weighted by Gasteiger charge is -2.00. The molecule has 0 aliphatic heterocycles. The van der Waals surface area contributed by atoms with Crippen LogP contribution in [0.5, 0.6) is 0 Å². The Hall–Kier alpha value is -1.69. The molecular formula is C7H4ClFN4O. The molecule has 1 aromatic carbocycles. The Bertz CT molecular complexity index is 520. The molecule has 0 saturated carbocycles. The minimum Gasteiger partial charge on any atom is -0.244 e. The average Bonchev–Trinajstić information content (AvgIpc) is 2.52. The van der Waals surface area contributed by atoms with Gasteiger partial charge < -0.3 is 0 Å². The largest absolute Gasteiger partial charge is 0.365 e. The van der Waals surface area contributed by atoms with Gasteiger partial charge in [-0.25, -0.2) is 14.3 Å². The molecule has 0 spiro atoms. The number of aromatic nitrogens is 4. The molecule has 1 N–H and O–H groups in total. The normalized spacial score (nSPS) is 10.4. The van der Waals surface area contributed by atoms with E-state index >= 15 is 0 Å². The number of halogens is 2. The molecule has 0 fully saturated rings. The first-order valence-corrected chi connectivity index (χ1v) is 4.02. The van der Waals surface area contributed by atoms with Crippen LogP contribution in [0.3, 0.4) is 0 Å². The smallest absolute Gasteiger partial charge is 0.244 e.